The summed E-state index contributed by atoms with van der Waals surface area (Å²) in [6.07, 6.45) is 4.64. The molecule has 3 heterocycles. The van der Waals surface area contributed by atoms with Gasteiger partial charge in [0.15, 0.2) is 15.4 Å². The summed E-state index contributed by atoms with van der Waals surface area (Å²) in [5.74, 6) is -4.90. The molecule has 0 aliphatic heterocycles. The molecule has 0 saturated carbocycles. The molecule has 7 rings (SSSR count). The van der Waals surface area contributed by atoms with Crippen LogP contribution in [0.3, 0.4) is 0 Å². The van der Waals surface area contributed by atoms with Crippen LogP contribution in [0, 0.1) is 36.3 Å². The minimum absolute atomic E-state index is 0.0663. The normalized spacial score (nSPS) is 11.2. The smallest absolute Gasteiger partial charge is 0.335 e. The van der Waals surface area contributed by atoms with Gasteiger partial charge in [0.25, 0.3) is 29.5 Å². The van der Waals surface area contributed by atoms with Crippen LogP contribution in [0.15, 0.2) is 95.4 Å². The zero-order valence-corrected chi connectivity index (χ0v) is 42.3. The summed E-state index contributed by atoms with van der Waals surface area (Å²) in [6.45, 7) is 15.9. The van der Waals surface area contributed by atoms with Crippen molar-refractivity contribution in [2.24, 2.45) is 10.8 Å². The van der Waals surface area contributed by atoms with Gasteiger partial charge in [-0.1, -0.05) is 53.7 Å². The second-order valence-corrected chi connectivity index (χ2v) is 21.1. The molecule has 20 heteroatoms. The van der Waals surface area contributed by atoms with Crippen molar-refractivity contribution in [3.8, 4) is 22.3 Å². The Morgan fingerprint density at radius 1 is 0.493 bits per heavy atom. The molecular weight excluding hydrogens is 971 g/mol. The number of anilines is 3. The van der Waals surface area contributed by atoms with E-state index in [2.05, 4.69) is 41.5 Å². The minimum atomic E-state index is -1.29. The molecule has 0 unspecified atom stereocenters. The van der Waals surface area contributed by atoms with E-state index in [0.717, 1.165) is 12.1 Å². The summed E-state index contributed by atoms with van der Waals surface area (Å²) in [5, 5.41) is 29.4. The maximum absolute atomic E-state index is 15.1. The number of carbonyl (C=O) groups is 6. The molecule has 0 spiro atoms. The number of carboxylic acid groups (broad SMARTS) is 1. The first-order chi connectivity index (χ1) is 33.5. The molecule has 4 aromatic carbocycles. The number of carboxylic acids is 1. The molecule has 0 bridgehead atoms. The van der Waals surface area contributed by atoms with Crippen LogP contribution < -0.4 is 26.6 Å². The van der Waals surface area contributed by atoms with Gasteiger partial charge in [-0.25, -0.2) is 28.5 Å². The van der Waals surface area contributed by atoms with Crippen LogP contribution in [0.2, 0.25) is 0 Å². The van der Waals surface area contributed by atoms with Gasteiger partial charge in [0.05, 0.1) is 5.56 Å². The lowest BCUT2D eigenvalue weighted by molar-refractivity contribution is 0.0695. The first-order valence-electron chi connectivity index (χ1n) is 21.8. The number of aromatic carboxylic acids is 1. The van der Waals surface area contributed by atoms with Crippen molar-refractivity contribution in [2.45, 2.75) is 55.4 Å². The molecule has 6 N–H and O–H groups in total. The molecule has 0 radical (unpaired) electrons. The van der Waals surface area contributed by atoms with Gasteiger partial charge in [-0.3, -0.25) is 39.9 Å². The number of amides is 5. The van der Waals surface area contributed by atoms with Crippen LogP contribution in [0.5, 0.6) is 0 Å². The summed E-state index contributed by atoms with van der Waals surface area (Å²) < 4.78 is 29.6. The Balaban J connectivity index is 0.000000235. The number of aromatic nitrogens is 3. The Labute approximate surface area is 420 Å². The molecule has 368 valence electrons. The van der Waals surface area contributed by atoms with E-state index in [4.69, 9.17) is 0 Å². The molecule has 15 nitrogen and oxygen atoms in total. The van der Waals surface area contributed by atoms with Crippen molar-refractivity contribution in [2.75, 3.05) is 29.0 Å². The van der Waals surface area contributed by atoms with Gasteiger partial charge >= 0.3 is 5.97 Å². The van der Waals surface area contributed by atoms with Gasteiger partial charge in [0.1, 0.15) is 11.6 Å². The summed E-state index contributed by atoms with van der Waals surface area (Å²) in [4.78, 5) is 88.5. The molecule has 0 fully saturated rings. The third-order valence-electron chi connectivity index (χ3n) is 10.3. The molecule has 0 saturated heterocycles. The van der Waals surface area contributed by atoms with E-state index in [1.807, 2.05) is 41.5 Å². The highest BCUT2D eigenvalue weighted by Crippen LogP contribution is 2.34. The third kappa shape index (κ3) is 14.0. The molecule has 3 aromatic heterocycles. The first kappa shape index (κ1) is 52.8. The average Bonchev–Trinajstić information content (AvgIpc) is 4.15. The lowest BCUT2D eigenvalue weighted by atomic mass is 9.91. The number of thiazole rings is 3. The quantitative estimate of drug-likeness (QED) is 0.0641. The fraction of sp³-hybridized carbons (Fsp3) is 0.235. The predicted molar refractivity (Wildman–Crippen MR) is 274 cm³/mol. The van der Waals surface area contributed by atoms with E-state index in [0.29, 0.717) is 45.2 Å². The zero-order chi connectivity index (χ0) is 51.8. The average molecular weight is 1020 g/mol. The predicted octanol–water partition coefficient (Wildman–Crippen LogP) is 11.0. The summed E-state index contributed by atoms with van der Waals surface area (Å²) in [7, 11) is 0. The van der Waals surface area contributed by atoms with E-state index in [1.54, 1.807) is 47.6 Å². The van der Waals surface area contributed by atoms with E-state index in [9.17, 15) is 38.3 Å². The highest BCUT2D eigenvalue weighted by atomic mass is 32.1. The van der Waals surface area contributed by atoms with Gasteiger partial charge in [0, 0.05) is 75.6 Å². The molecule has 0 aliphatic rings. The SMILES string of the molecule is Cc1c(F)cc(C(=O)Nc2nccs2)cc1-c1ccc(C(=O)NCC(C)(C)C)cc1C(=O)Nc1nccs1.Cc1c(F)cc(C(=O)O)cc1-c1ccc(C(=O)NCC(C)(C)C)cc1C(=O)Nc1nccs1. The lowest BCUT2D eigenvalue weighted by Crippen LogP contribution is -2.32. The monoisotopic (exact) mass is 1020 g/mol. The molecule has 0 aliphatic carbocycles. The number of halogens is 2. The molecule has 5 amide bonds. The number of benzene rings is 4. The van der Waals surface area contributed by atoms with Gasteiger partial charge in [0.2, 0.25) is 0 Å². The van der Waals surface area contributed by atoms with Crippen LogP contribution in [0.25, 0.3) is 22.3 Å². The van der Waals surface area contributed by atoms with Crippen molar-refractivity contribution >= 4 is 84.9 Å². The molecule has 0 atom stereocenters. The van der Waals surface area contributed by atoms with Crippen molar-refractivity contribution in [3.63, 3.8) is 0 Å². The second kappa shape index (κ2) is 22.5. The highest BCUT2D eigenvalue weighted by Gasteiger charge is 2.24. The van der Waals surface area contributed by atoms with E-state index < -0.39 is 35.3 Å². The van der Waals surface area contributed by atoms with Crippen LogP contribution in [-0.4, -0.2) is 68.7 Å². The maximum Gasteiger partial charge on any atom is 0.335 e. The van der Waals surface area contributed by atoms with Crippen LogP contribution in [0.4, 0.5) is 24.2 Å². The maximum atomic E-state index is 15.1. The van der Waals surface area contributed by atoms with E-state index >= 15 is 4.39 Å². The van der Waals surface area contributed by atoms with Crippen molar-refractivity contribution in [1.82, 2.24) is 25.6 Å². The Kier molecular flexibility index (Phi) is 16.7. The fourth-order valence-corrected chi connectivity index (χ4v) is 8.21. The summed E-state index contributed by atoms with van der Waals surface area (Å²) in [6, 6.07) is 14.0. The van der Waals surface area contributed by atoms with Crippen molar-refractivity contribution in [1.29, 1.82) is 0 Å². The van der Waals surface area contributed by atoms with Crippen molar-refractivity contribution in [3.05, 3.63) is 152 Å². The third-order valence-corrected chi connectivity index (χ3v) is 12.4. The largest absolute Gasteiger partial charge is 0.478 e. The lowest BCUT2D eigenvalue weighted by Gasteiger charge is -2.19. The number of hydrogen-bond donors (Lipinski definition) is 6. The molecular formula is C51H50F2N8O7S3. The Bertz CT molecular complexity index is 3110. The van der Waals surface area contributed by atoms with Gasteiger partial charge in [-0.2, -0.15) is 0 Å². The standard InChI is InChI=1S/C27H26FN5O3S2.C24H24FN3O4S/c1-15-19(12-17(13-21(15)28)23(35)32-25-29-7-9-37-25)18-6-5-16(22(34)31-14-27(2,3)4)11-20(18)24(36)33-26-30-8-10-38-26;1-13-17(10-15(22(31)32)11-19(13)25)16-6-5-14(20(29)27-12-24(2,3)4)9-18(16)21(30)28-23-26-7-8-33-23/h5-13H,14H2,1-4H3,(H,31,34)(H,29,32,35)(H,30,33,36);5-11H,12H2,1-4H3,(H,27,29)(H,31,32)(H,26,28,30). The number of nitrogens with zero attached hydrogens (tertiary/aromatic N) is 3. The number of nitrogens with one attached hydrogen (secondary N) is 5. The first-order valence-corrected chi connectivity index (χ1v) is 24.4. The number of carbonyl (C=O) groups excluding carboxylic acids is 5. The Hall–Kier alpha value is -7.55. The van der Waals surface area contributed by atoms with Crippen LogP contribution >= 0.6 is 34.0 Å². The topological polar surface area (TPSA) is 221 Å². The summed E-state index contributed by atoms with van der Waals surface area (Å²) in [5.41, 5.74) is 2.03. The Morgan fingerprint density at radius 3 is 1.21 bits per heavy atom. The number of rotatable bonds is 13. The van der Waals surface area contributed by atoms with Gasteiger partial charge < -0.3 is 15.7 Å². The highest BCUT2D eigenvalue weighted by molar-refractivity contribution is 7.14. The van der Waals surface area contributed by atoms with Gasteiger partial charge in [-0.15, -0.1) is 34.0 Å². The second-order valence-electron chi connectivity index (χ2n) is 18.4. The van der Waals surface area contributed by atoms with E-state index in [1.165, 1.54) is 83.5 Å². The fourth-order valence-electron chi connectivity index (χ4n) is 6.64. The van der Waals surface area contributed by atoms with E-state index in [-0.39, 0.29) is 72.7 Å². The van der Waals surface area contributed by atoms with Crippen LogP contribution in [0.1, 0.15) is 115 Å². The number of hydrogen-bond acceptors (Lipinski definition) is 12. The molecule has 7 aromatic rings. The van der Waals surface area contributed by atoms with Crippen LogP contribution in [-0.2, 0) is 0 Å². The van der Waals surface area contributed by atoms with Crippen molar-refractivity contribution < 1.29 is 42.7 Å². The summed E-state index contributed by atoms with van der Waals surface area (Å²) >= 11 is 3.70. The molecule has 71 heavy (non-hydrogen) atoms. The van der Waals surface area contributed by atoms with Gasteiger partial charge in [-0.05, 0) is 107 Å². The zero-order valence-electron chi connectivity index (χ0n) is 39.9. The minimum Gasteiger partial charge on any atom is -0.478 e. The Morgan fingerprint density at radius 2 is 0.859 bits per heavy atom.